The van der Waals surface area contributed by atoms with E-state index in [1.165, 1.54) is 24.7 Å². The minimum atomic E-state index is -4.31. The molecule has 0 radical (unpaired) electrons. The molecule has 14 nitrogen and oxygen atoms in total. The third-order valence-corrected chi connectivity index (χ3v) is 7.88. The number of nitrogens with two attached hydrogens (primary N) is 1. The van der Waals surface area contributed by atoms with Gasteiger partial charge in [-0.2, -0.15) is 15.1 Å². The van der Waals surface area contributed by atoms with Gasteiger partial charge in [0.2, 0.25) is 5.95 Å². The van der Waals surface area contributed by atoms with Crippen LogP contribution in [0.3, 0.4) is 0 Å². The number of nitrogen functional groups attached to an aromatic ring is 1. The minimum Gasteiger partial charge on any atom is -0.462 e. The number of imidazole rings is 1. The number of carbonyl (C=O) groups is 1. The van der Waals surface area contributed by atoms with E-state index in [-0.39, 0.29) is 17.3 Å². The van der Waals surface area contributed by atoms with E-state index in [1.54, 1.807) is 63.2 Å². The van der Waals surface area contributed by atoms with Crippen molar-refractivity contribution in [2.75, 3.05) is 31.3 Å². The normalized spacial score (nSPS) is 24.8. The number of carbonyl (C=O) groups excluding carboxylic acids is 1. The van der Waals surface area contributed by atoms with E-state index in [9.17, 15) is 14.5 Å². The molecule has 2 aromatic heterocycles. The van der Waals surface area contributed by atoms with Crippen LogP contribution in [0, 0.1) is 0 Å². The first-order chi connectivity index (χ1) is 19.2. The molecule has 0 aliphatic carbocycles. The predicted molar refractivity (Wildman–Crippen MR) is 148 cm³/mol. The second-order valence-corrected chi connectivity index (χ2v) is 12.0. The summed E-state index contributed by atoms with van der Waals surface area (Å²) in [5, 5.41) is 13.5. The highest BCUT2D eigenvalue weighted by Gasteiger charge is 2.55. The number of fused-ring (bicyclic) bond motifs is 1. The third-order valence-electron chi connectivity index (χ3n) is 6.25. The lowest BCUT2D eigenvalue weighted by atomic mass is 9.99. The van der Waals surface area contributed by atoms with Crippen LogP contribution in [0.2, 0.25) is 0 Å². The number of hydrogen-bond donors (Lipinski definition) is 3. The van der Waals surface area contributed by atoms with Gasteiger partial charge in [-0.05, 0) is 39.8 Å². The first kappa shape index (κ1) is 30.6. The van der Waals surface area contributed by atoms with Crippen LogP contribution in [-0.2, 0) is 23.4 Å². The summed E-state index contributed by atoms with van der Waals surface area (Å²) >= 11 is 0. The average molecular weight is 596 g/mol. The number of ether oxygens (including phenoxy) is 2. The Morgan fingerprint density at radius 3 is 2.61 bits per heavy atom. The fourth-order valence-electron chi connectivity index (χ4n) is 4.20. The number of para-hydroxylation sites is 1. The largest absolute Gasteiger partial charge is 0.462 e. The SMILES string of the molecule is CC(C)OC(=O)[C@H](C)NP(=O)(OC[C@@]1(C)O[C@@H](n2cnc3c(N(C)C)nc(N)nc32)[C@H](F)[C@@H]1O)Oc1ccccc1. The van der Waals surface area contributed by atoms with Gasteiger partial charge >= 0.3 is 13.7 Å². The van der Waals surface area contributed by atoms with Crippen molar-refractivity contribution in [3.05, 3.63) is 36.7 Å². The molecule has 0 amide bonds. The van der Waals surface area contributed by atoms with Crippen LogP contribution in [0.5, 0.6) is 5.75 Å². The number of hydrogen-bond acceptors (Lipinski definition) is 12. The second kappa shape index (κ2) is 11.9. The third kappa shape index (κ3) is 6.60. The zero-order valence-corrected chi connectivity index (χ0v) is 24.5. The van der Waals surface area contributed by atoms with Crippen molar-refractivity contribution in [1.29, 1.82) is 0 Å². The summed E-state index contributed by atoms with van der Waals surface area (Å²) in [5.41, 5.74) is 4.72. The first-order valence-electron chi connectivity index (χ1n) is 12.9. The Morgan fingerprint density at radius 1 is 1.29 bits per heavy atom. The van der Waals surface area contributed by atoms with Gasteiger partial charge in [0.25, 0.3) is 0 Å². The van der Waals surface area contributed by atoms with E-state index < -0.39 is 56.6 Å². The van der Waals surface area contributed by atoms with E-state index in [0.717, 1.165) is 0 Å². The number of nitrogens with zero attached hydrogens (tertiary/aromatic N) is 5. The Morgan fingerprint density at radius 2 is 1.98 bits per heavy atom. The van der Waals surface area contributed by atoms with Gasteiger partial charge in [-0.3, -0.25) is 13.9 Å². The Labute approximate surface area is 236 Å². The maximum atomic E-state index is 15.6. The van der Waals surface area contributed by atoms with Gasteiger partial charge in [0.15, 0.2) is 29.4 Å². The van der Waals surface area contributed by atoms with E-state index in [1.807, 2.05) is 0 Å². The molecule has 224 valence electrons. The number of halogens is 1. The van der Waals surface area contributed by atoms with Crippen LogP contribution < -0.4 is 20.2 Å². The Bertz CT molecular complexity index is 1430. The van der Waals surface area contributed by atoms with Crippen LogP contribution in [0.4, 0.5) is 16.2 Å². The molecule has 4 rings (SSSR count). The number of alkyl halides is 1. The molecule has 4 N–H and O–H groups in total. The van der Waals surface area contributed by atoms with Crippen molar-refractivity contribution in [3.63, 3.8) is 0 Å². The Balaban J connectivity index is 1.58. The molecule has 1 aromatic carbocycles. The molecule has 16 heteroatoms. The summed E-state index contributed by atoms with van der Waals surface area (Å²) in [7, 11) is -0.814. The van der Waals surface area contributed by atoms with E-state index in [0.29, 0.717) is 11.3 Å². The summed E-state index contributed by atoms with van der Waals surface area (Å²) < 4.78 is 53.2. The summed E-state index contributed by atoms with van der Waals surface area (Å²) in [4.78, 5) is 26.8. The highest BCUT2D eigenvalue weighted by molar-refractivity contribution is 7.52. The number of benzene rings is 1. The van der Waals surface area contributed by atoms with Crippen molar-refractivity contribution in [2.24, 2.45) is 0 Å². The molecule has 1 fully saturated rings. The van der Waals surface area contributed by atoms with E-state index in [4.69, 9.17) is 24.3 Å². The molecular weight excluding hydrogens is 560 g/mol. The van der Waals surface area contributed by atoms with Crippen molar-refractivity contribution in [1.82, 2.24) is 24.6 Å². The molecule has 1 aliphatic heterocycles. The number of anilines is 2. The molecule has 3 heterocycles. The Kier molecular flexibility index (Phi) is 8.85. The fourth-order valence-corrected chi connectivity index (χ4v) is 5.78. The van der Waals surface area contributed by atoms with Crippen LogP contribution in [-0.4, -0.2) is 81.3 Å². The molecule has 0 bridgehead atoms. The number of rotatable bonds is 11. The molecule has 0 spiro atoms. The number of esters is 1. The van der Waals surface area contributed by atoms with E-state index in [2.05, 4.69) is 20.0 Å². The highest BCUT2D eigenvalue weighted by atomic mass is 31.2. The number of nitrogens with one attached hydrogen (secondary N) is 1. The van der Waals surface area contributed by atoms with Crippen LogP contribution >= 0.6 is 7.75 Å². The van der Waals surface area contributed by atoms with Crippen molar-refractivity contribution >= 4 is 36.6 Å². The van der Waals surface area contributed by atoms with Crippen LogP contribution in [0.1, 0.15) is 33.9 Å². The second-order valence-electron chi connectivity index (χ2n) is 10.3. The van der Waals surface area contributed by atoms with Gasteiger partial charge in [-0.1, -0.05) is 18.2 Å². The van der Waals surface area contributed by atoms with Crippen molar-refractivity contribution in [3.8, 4) is 5.75 Å². The zero-order valence-electron chi connectivity index (χ0n) is 23.6. The van der Waals surface area contributed by atoms with Crippen molar-refractivity contribution in [2.45, 2.75) is 63.9 Å². The monoisotopic (exact) mass is 595 g/mol. The minimum absolute atomic E-state index is 0.0572. The zero-order chi connectivity index (χ0) is 30.1. The lowest BCUT2D eigenvalue weighted by molar-refractivity contribution is -0.149. The predicted octanol–water partition coefficient (Wildman–Crippen LogP) is 2.59. The summed E-state index contributed by atoms with van der Waals surface area (Å²) in [6, 6.07) is 7.05. The van der Waals surface area contributed by atoms with Gasteiger partial charge in [0.1, 0.15) is 23.5 Å². The smallest absolute Gasteiger partial charge is 0.459 e. The van der Waals surface area contributed by atoms with Crippen molar-refractivity contribution < 1.29 is 37.4 Å². The molecule has 41 heavy (non-hydrogen) atoms. The van der Waals surface area contributed by atoms with Gasteiger partial charge in [0.05, 0.1) is 19.0 Å². The van der Waals surface area contributed by atoms with E-state index >= 15 is 4.39 Å². The summed E-state index contributed by atoms with van der Waals surface area (Å²) in [6.45, 7) is 5.61. The number of aliphatic hydroxyl groups excluding tert-OH is 1. The number of aliphatic hydroxyl groups is 1. The maximum Gasteiger partial charge on any atom is 0.459 e. The lowest BCUT2D eigenvalue weighted by Gasteiger charge is -2.30. The van der Waals surface area contributed by atoms with Gasteiger partial charge in [-0.15, -0.1) is 0 Å². The first-order valence-corrected chi connectivity index (χ1v) is 14.4. The molecule has 6 atom stereocenters. The van der Waals surface area contributed by atoms with Gasteiger partial charge in [0, 0.05) is 14.1 Å². The van der Waals surface area contributed by atoms with Gasteiger partial charge < -0.3 is 29.7 Å². The topological polar surface area (TPSA) is 176 Å². The molecule has 1 unspecified atom stereocenters. The molecular formula is C25H35FN7O7P. The fraction of sp³-hybridized carbons (Fsp3) is 0.520. The maximum absolute atomic E-state index is 15.6. The van der Waals surface area contributed by atoms with Crippen LogP contribution in [0.25, 0.3) is 11.2 Å². The Hall–Kier alpha value is -3.36. The quantitative estimate of drug-likeness (QED) is 0.218. The highest BCUT2D eigenvalue weighted by Crippen LogP contribution is 2.48. The lowest BCUT2D eigenvalue weighted by Crippen LogP contribution is -2.44. The molecule has 0 saturated carbocycles. The molecule has 3 aromatic rings. The standard InChI is InChI=1S/C25H35FN7O7P/c1-14(2)38-23(35)15(3)31-41(36,40-16-10-8-7-9-11-16)37-12-25(4)19(34)17(26)22(39-25)33-13-28-18-20(32(5)6)29-24(27)30-21(18)33/h7-11,13-15,17,19,22,34H,12H2,1-6H3,(H,31,36)(H2,27,29,30)/t15-,17+,19-,22+,25+,41?/m0/s1. The average Bonchev–Trinajstić information content (AvgIpc) is 3.41. The summed E-state index contributed by atoms with van der Waals surface area (Å²) in [6.07, 6.45) is -4.14. The van der Waals surface area contributed by atoms with Crippen LogP contribution in [0.15, 0.2) is 36.7 Å². The molecule has 1 aliphatic rings. The van der Waals surface area contributed by atoms with Gasteiger partial charge in [-0.25, -0.2) is 13.9 Å². The number of aromatic nitrogens is 4. The summed E-state index contributed by atoms with van der Waals surface area (Å²) in [5.74, 6) is -0.136. The molecule has 1 saturated heterocycles.